The Balaban J connectivity index is 2.04. The summed E-state index contributed by atoms with van der Waals surface area (Å²) in [6.07, 6.45) is 5.01. The molecule has 0 aromatic carbocycles. The van der Waals surface area contributed by atoms with Crippen LogP contribution in [0.5, 0.6) is 0 Å². The molecule has 1 saturated heterocycles. The highest BCUT2D eigenvalue weighted by atomic mass is 16.4. The van der Waals surface area contributed by atoms with E-state index in [-0.39, 0.29) is 18.2 Å². The Hall–Kier alpha value is -2.42. The second kappa shape index (κ2) is 8.79. The minimum atomic E-state index is -1.14. The number of aromatic amines is 1. The maximum Gasteiger partial charge on any atom is 0.326 e. The van der Waals surface area contributed by atoms with Crippen LogP contribution in [0, 0.1) is 5.92 Å². The predicted molar refractivity (Wildman–Crippen MR) is 94.0 cm³/mol. The highest BCUT2D eigenvalue weighted by molar-refractivity contribution is 5.92. The number of amides is 2. The average molecular weight is 365 g/mol. The Morgan fingerprint density at radius 2 is 2.23 bits per heavy atom. The number of nitrogens with one attached hydrogen (secondary N) is 2. The Bertz CT molecular complexity index is 633. The number of hydrogen-bond acceptors (Lipinski definition) is 5. The number of carbonyl (C=O) groups is 3. The lowest BCUT2D eigenvalue weighted by molar-refractivity contribution is -0.144. The molecule has 0 radical (unpaired) electrons. The molecule has 0 spiro atoms. The molecule has 4 atom stereocenters. The molecule has 26 heavy (non-hydrogen) atoms. The zero-order chi connectivity index (χ0) is 19.3. The van der Waals surface area contributed by atoms with E-state index in [0.29, 0.717) is 25.1 Å². The van der Waals surface area contributed by atoms with Crippen LogP contribution in [0.4, 0.5) is 0 Å². The number of imidazole rings is 1. The van der Waals surface area contributed by atoms with Gasteiger partial charge >= 0.3 is 5.97 Å². The maximum atomic E-state index is 12.6. The monoisotopic (exact) mass is 365 g/mol. The number of hydrogen-bond donors (Lipinski definition) is 4. The summed E-state index contributed by atoms with van der Waals surface area (Å²) in [5.41, 5.74) is 6.63. The van der Waals surface area contributed by atoms with E-state index in [4.69, 9.17) is 5.73 Å². The molecule has 2 rings (SSSR count). The number of nitrogens with two attached hydrogens (primary N) is 1. The van der Waals surface area contributed by atoms with E-state index in [1.807, 2.05) is 13.8 Å². The third-order valence-corrected chi connectivity index (χ3v) is 4.97. The molecule has 2 heterocycles. The molecule has 9 heteroatoms. The van der Waals surface area contributed by atoms with Gasteiger partial charge in [0, 0.05) is 24.9 Å². The lowest BCUT2D eigenvalue weighted by atomic mass is 9.98. The van der Waals surface area contributed by atoms with Crippen LogP contribution in [0.25, 0.3) is 0 Å². The third kappa shape index (κ3) is 4.60. The summed E-state index contributed by atoms with van der Waals surface area (Å²) >= 11 is 0. The van der Waals surface area contributed by atoms with E-state index in [1.54, 1.807) is 0 Å². The van der Waals surface area contributed by atoms with Gasteiger partial charge in [-0.05, 0) is 18.8 Å². The van der Waals surface area contributed by atoms with Crippen LogP contribution in [0.1, 0.15) is 38.8 Å². The third-order valence-electron chi connectivity index (χ3n) is 4.97. The van der Waals surface area contributed by atoms with Crippen LogP contribution in [-0.2, 0) is 20.8 Å². The molecule has 1 aliphatic rings. The Kier molecular flexibility index (Phi) is 6.73. The van der Waals surface area contributed by atoms with Crippen molar-refractivity contribution in [1.82, 2.24) is 20.2 Å². The summed E-state index contributed by atoms with van der Waals surface area (Å²) < 4.78 is 0. The molecule has 1 aliphatic heterocycles. The van der Waals surface area contributed by atoms with Crippen molar-refractivity contribution < 1.29 is 19.5 Å². The largest absolute Gasteiger partial charge is 0.480 e. The maximum absolute atomic E-state index is 12.6. The normalized spacial score (nSPS) is 20.4. The van der Waals surface area contributed by atoms with E-state index in [2.05, 4.69) is 15.3 Å². The molecule has 0 aliphatic carbocycles. The van der Waals surface area contributed by atoms with E-state index in [1.165, 1.54) is 17.4 Å². The first kappa shape index (κ1) is 19.9. The first-order chi connectivity index (χ1) is 12.3. The molecule has 2 amide bonds. The van der Waals surface area contributed by atoms with Gasteiger partial charge in [-0.2, -0.15) is 0 Å². The van der Waals surface area contributed by atoms with E-state index >= 15 is 0 Å². The van der Waals surface area contributed by atoms with E-state index in [0.717, 1.165) is 6.42 Å². The fourth-order valence-electron chi connectivity index (χ4n) is 3.08. The number of carbonyl (C=O) groups excluding carboxylic acids is 2. The van der Waals surface area contributed by atoms with Crippen molar-refractivity contribution in [2.24, 2.45) is 11.7 Å². The van der Waals surface area contributed by atoms with Gasteiger partial charge in [-0.3, -0.25) is 9.59 Å². The molecule has 1 fully saturated rings. The molecule has 5 N–H and O–H groups in total. The van der Waals surface area contributed by atoms with Crippen molar-refractivity contribution in [1.29, 1.82) is 0 Å². The smallest absolute Gasteiger partial charge is 0.326 e. The average Bonchev–Trinajstić information content (AvgIpc) is 3.30. The number of aliphatic carboxylic acids is 1. The molecule has 0 bridgehead atoms. The van der Waals surface area contributed by atoms with Gasteiger partial charge in [0.15, 0.2) is 0 Å². The topological polar surface area (TPSA) is 141 Å². The van der Waals surface area contributed by atoms with Gasteiger partial charge in [0.05, 0.1) is 12.4 Å². The fourth-order valence-corrected chi connectivity index (χ4v) is 3.08. The quantitative estimate of drug-likeness (QED) is 0.506. The van der Waals surface area contributed by atoms with Gasteiger partial charge in [0.25, 0.3) is 0 Å². The number of aromatic nitrogens is 2. The molecule has 1 aromatic rings. The number of H-pyrrole nitrogens is 1. The van der Waals surface area contributed by atoms with Gasteiger partial charge < -0.3 is 26.0 Å². The molecule has 144 valence electrons. The van der Waals surface area contributed by atoms with Crippen LogP contribution in [0.2, 0.25) is 0 Å². The van der Waals surface area contributed by atoms with Gasteiger partial charge in [0.1, 0.15) is 12.1 Å². The lowest BCUT2D eigenvalue weighted by Gasteiger charge is -2.29. The molecule has 0 saturated carbocycles. The van der Waals surface area contributed by atoms with Gasteiger partial charge in [-0.25, -0.2) is 9.78 Å². The first-order valence-corrected chi connectivity index (χ1v) is 8.91. The van der Waals surface area contributed by atoms with Crippen LogP contribution in [-0.4, -0.2) is 62.4 Å². The van der Waals surface area contributed by atoms with Crippen LogP contribution < -0.4 is 11.1 Å². The minimum absolute atomic E-state index is 0.0129. The van der Waals surface area contributed by atoms with E-state index < -0.39 is 30.0 Å². The highest BCUT2D eigenvalue weighted by Crippen LogP contribution is 2.20. The van der Waals surface area contributed by atoms with Crippen LogP contribution in [0.15, 0.2) is 12.5 Å². The molecule has 0 unspecified atom stereocenters. The van der Waals surface area contributed by atoms with Gasteiger partial charge in [-0.15, -0.1) is 0 Å². The Labute approximate surface area is 152 Å². The summed E-state index contributed by atoms with van der Waals surface area (Å²) in [5.74, 6) is -1.84. The molecule has 9 nitrogen and oxygen atoms in total. The van der Waals surface area contributed by atoms with Crippen molar-refractivity contribution in [3.8, 4) is 0 Å². The second-order valence-corrected chi connectivity index (χ2v) is 6.78. The summed E-state index contributed by atoms with van der Waals surface area (Å²) in [6, 6.07) is -2.43. The lowest BCUT2D eigenvalue weighted by Crippen LogP contribution is -2.55. The summed E-state index contributed by atoms with van der Waals surface area (Å²) in [4.78, 5) is 44.9. The van der Waals surface area contributed by atoms with E-state index in [9.17, 15) is 19.5 Å². The highest BCUT2D eigenvalue weighted by Gasteiger charge is 2.38. The zero-order valence-electron chi connectivity index (χ0n) is 15.1. The number of carboxylic acid groups (broad SMARTS) is 1. The zero-order valence-corrected chi connectivity index (χ0v) is 15.1. The second-order valence-electron chi connectivity index (χ2n) is 6.78. The summed E-state index contributed by atoms with van der Waals surface area (Å²) in [5, 5.41) is 11.9. The molecular formula is C17H27N5O4. The first-order valence-electron chi connectivity index (χ1n) is 8.91. The Morgan fingerprint density at radius 3 is 2.81 bits per heavy atom. The van der Waals surface area contributed by atoms with Crippen molar-refractivity contribution >= 4 is 17.8 Å². The van der Waals surface area contributed by atoms with Crippen LogP contribution >= 0.6 is 0 Å². The standard InChI is InChI=1S/C17H27N5O4/c1-3-10(2)14(18)16(24)22-6-4-5-13(22)15(23)21-12(17(25)26)7-11-8-19-9-20-11/h8-10,12-14H,3-7,18H2,1-2H3,(H,19,20)(H,21,23)(H,25,26)/t10-,12-,13-,14-/m0/s1. The van der Waals surface area contributed by atoms with Crippen molar-refractivity contribution in [3.63, 3.8) is 0 Å². The molecular weight excluding hydrogens is 338 g/mol. The minimum Gasteiger partial charge on any atom is -0.480 e. The number of carboxylic acids is 1. The number of nitrogens with zero attached hydrogens (tertiary/aromatic N) is 2. The fraction of sp³-hybridized carbons (Fsp3) is 0.647. The van der Waals surface area contributed by atoms with Crippen LogP contribution in [0.3, 0.4) is 0 Å². The molecule has 1 aromatic heterocycles. The number of rotatable bonds is 8. The summed E-state index contributed by atoms with van der Waals surface area (Å²) in [7, 11) is 0. The van der Waals surface area contributed by atoms with Gasteiger partial charge in [-0.1, -0.05) is 20.3 Å². The number of likely N-dealkylation sites (tertiary alicyclic amines) is 1. The SMILES string of the molecule is CC[C@H](C)[C@H](N)C(=O)N1CCC[C@H]1C(=O)N[C@@H](Cc1cnc[nH]1)C(=O)O. The van der Waals surface area contributed by atoms with Crippen molar-refractivity contribution in [3.05, 3.63) is 18.2 Å². The predicted octanol–water partition coefficient (Wildman–Crippen LogP) is -0.114. The van der Waals surface area contributed by atoms with Gasteiger partial charge in [0.2, 0.25) is 11.8 Å². The Morgan fingerprint density at radius 1 is 1.50 bits per heavy atom. The summed E-state index contributed by atoms with van der Waals surface area (Å²) in [6.45, 7) is 4.32. The van der Waals surface area contributed by atoms with Crippen molar-refractivity contribution in [2.45, 2.75) is 57.7 Å². The van der Waals surface area contributed by atoms with Crippen molar-refractivity contribution in [2.75, 3.05) is 6.54 Å².